The summed E-state index contributed by atoms with van der Waals surface area (Å²) in [5.41, 5.74) is 1.89. The normalized spacial score (nSPS) is 11.7. The molecule has 0 aliphatic heterocycles. The Kier molecular flexibility index (Phi) is 7.49. The Hall–Kier alpha value is -3.20. The first-order chi connectivity index (χ1) is 13.8. The summed E-state index contributed by atoms with van der Waals surface area (Å²) in [6, 6.07) is 7.50. The molecule has 0 saturated heterocycles. The highest BCUT2D eigenvalue weighted by molar-refractivity contribution is 5.99. The van der Waals surface area contributed by atoms with E-state index in [-0.39, 0.29) is 23.3 Å². The standard InChI is InChI=1S/C20H24N2O7/c1-13-9-16(15(3)21(13)14(2)10-27-4)18(23)11-29-20(24)12-28-19-8-6-5-7-17(19)22(25)26/h5-9,14H,10-12H2,1-4H3/t14-/m1/s1. The molecule has 0 amide bonds. The predicted molar refractivity (Wildman–Crippen MR) is 104 cm³/mol. The molecule has 1 atom stereocenters. The minimum absolute atomic E-state index is 0.0450. The highest BCUT2D eigenvalue weighted by atomic mass is 16.6. The van der Waals surface area contributed by atoms with E-state index in [1.165, 1.54) is 18.2 Å². The number of benzene rings is 1. The van der Waals surface area contributed by atoms with Gasteiger partial charge >= 0.3 is 11.7 Å². The molecule has 0 aliphatic carbocycles. The average Bonchev–Trinajstić information content (AvgIpc) is 2.99. The molecule has 0 fully saturated rings. The number of esters is 1. The SMILES string of the molecule is COC[C@@H](C)n1c(C)cc(C(=O)COC(=O)COc2ccccc2[N+](=O)[O-])c1C. The highest BCUT2D eigenvalue weighted by Crippen LogP contribution is 2.25. The van der Waals surface area contributed by atoms with Gasteiger partial charge in [-0.3, -0.25) is 14.9 Å². The number of rotatable bonds is 10. The number of methoxy groups -OCH3 is 1. The van der Waals surface area contributed by atoms with Gasteiger partial charge in [-0.25, -0.2) is 4.79 Å². The van der Waals surface area contributed by atoms with Crippen molar-refractivity contribution in [3.63, 3.8) is 0 Å². The van der Waals surface area contributed by atoms with Gasteiger partial charge in [0.05, 0.1) is 17.6 Å². The van der Waals surface area contributed by atoms with Crippen molar-refractivity contribution in [2.24, 2.45) is 0 Å². The number of carbonyl (C=O) groups is 2. The first-order valence-corrected chi connectivity index (χ1v) is 8.98. The third-order valence-corrected chi connectivity index (χ3v) is 4.41. The molecular formula is C20H24N2O7. The van der Waals surface area contributed by atoms with Crippen molar-refractivity contribution in [3.8, 4) is 5.75 Å². The van der Waals surface area contributed by atoms with Crippen molar-refractivity contribution in [2.75, 3.05) is 26.9 Å². The van der Waals surface area contributed by atoms with Crippen LogP contribution in [0.5, 0.6) is 5.75 Å². The number of hydrogen-bond acceptors (Lipinski definition) is 7. The summed E-state index contributed by atoms with van der Waals surface area (Å²) in [7, 11) is 1.61. The number of hydrogen-bond donors (Lipinski definition) is 0. The molecule has 0 N–H and O–H groups in total. The van der Waals surface area contributed by atoms with Crippen molar-refractivity contribution in [1.82, 2.24) is 4.57 Å². The Morgan fingerprint density at radius 3 is 2.55 bits per heavy atom. The number of nitro benzene ring substituents is 1. The van der Waals surface area contributed by atoms with E-state index in [2.05, 4.69) is 0 Å². The van der Waals surface area contributed by atoms with E-state index < -0.39 is 24.1 Å². The summed E-state index contributed by atoms with van der Waals surface area (Å²) in [6.45, 7) is 5.22. The van der Waals surface area contributed by atoms with Crippen molar-refractivity contribution >= 4 is 17.4 Å². The van der Waals surface area contributed by atoms with Crippen LogP contribution in [0.3, 0.4) is 0 Å². The monoisotopic (exact) mass is 404 g/mol. The van der Waals surface area contributed by atoms with Gasteiger partial charge in [0.25, 0.3) is 0 Å². The maximum absolute atomic E-state index is 12.5. The first kappa shape index (κ1) is 22.1. The Balaban J connectivity index is 1.95. The van der Waals surface area contributed by atoms with E-state index in [1.807, 2.05) is 25.3 Å². The van der Waals surface area contributed by atoms with E-state index in [9.17, 15) is 19.7 Å². The summed E-state index contributed by atoms with van der Waals surface area (Å²) in [6.07, 6.45) is 0. The number of nitro groups is 1. The van der Waals surface area contributed by atoms with Gasteiger partial charge in [-0.1, -0.05) is 12.1 Å². The number of nitrogens with zero attached hydrogens (tertiary/aromatic N) is 2. The Morgan fingerprint density at radius 2 is 1.90 bits per heavy atom. The fourth-order valence-electron chi connectivity index (χ4n) is 3.19. The topological polar surface area (TPSA) is 110 Å². The molecule has 1 heterocycles. The van der Waals surface area contributed by atoms with Gasteiger partial charge in [0.1, 0.15) is 0 Å². The average molecular weight is 404 g/mol. The zero-order valence-corrected chi connectivity index (χ0v) is 16.8. The lowest BCUT2D eigenvalue weighted by Gasteiger charge is -2.17. The Morgan fingerprint density at radius 1 is 1.21 bits per heavy atom. The largest absolute Gasteiger partial charge is 0.475 e. The second-order valence-electron chi connectivity index (χ2n) is 6.56. The number of ketones is 1. The van der Waals surface area contributed by atoms with Gasteiger partial charge in [0.2, 0.25) is 5.78 Å². The molecule has 2 aromatic rings. The summed E-state index contributed by atoms with van der Waals surface area (Å²) in [4.78, 5) is 34.7. The number of Topliss-reactive ketones (excluding diaryl/α,β-unsaturated/α-hetero) is 1. The molecule has 156 valence electrons. The van der Waals surface area contributed by atoms with Crippen molar-refractivity contribution < 1.29 is 28.7 Å². The number of aromatic nitrogens is 1. The van der Waals surface area contributed by atoms with Crippen LogP contribution in [0.4, 0.5) is 5.69 Å². The van der Waals surface area contributed by atoms with Crippen LogP contribution in [0.15, 0.2) is 30.3 Å². The number of ether oxygens (including phenoxy) is 3. The zero-order valence-electron chi connectivity index (χ0n) is 16.8. The lowest BCUT2D eigenvalue weighted by atomic mass is 10.1. The van der Waals surface area contributed by atoms with E-state index in [4.69, 9.17) is 14.2 Å². The maximum Gasteiger partial charge on any atom is 0.344 e. The fraction of sp³-hybridized carbons (Fsp3) is 0.400. The van der Waals surface area contributed by atoms with Crippen LogP contribution in [0.1, 0.15) is 34.7 Å². The minimum Gasteiger partial charge on any atom is -0.475 e. The number of para-hydroxylation sites is 2. The molecule has 1 aromatic carbocycles. The zero-order chi connectivity index (χ0) is 21.6. The van der Waals surface area contributed by atoms with E-state index in [0.717, 1.165) is 11.4 Å². The highest BCUT2D eigenvalue weighted by Gasteiger charge is 2.20. The summed E-state index contributed by atoms with van der Waals surface area (Å²) >= 11 is 0. The number of carbonyl (C=O) groups excluding carboxylic acids is 2. The fourth-order valence-corrected chi connectivity index (χ4v) is 3.19. The first-order valence-electron chi connectivity index (χ1n) is 8.98. The quantitative estimate of drug-likeness (QED) is 0.259. The minimum atomic E-state index is -0.793. The second-order valence-corrected chi connectivity index (χ2v) is 6.56. The molecule has 1 aromatic heterocycles. The van der Waals surface area contributed by atoms with Crippen molar-refractivity contribution in [1.29, 1.82) is 0 Å². The molecule has 9 heteroatoms. The third-order valence-electron chi connectivity index (χ3n) is 4.41. The lowest BCUT2D eigenvalue weighted by Crippen LogP contribution is -2.20. The molecule has 9 nitrogen and oxygen atoms in total. The van der Waals surface area contributed by atoms with Crippen molar-refractivity contribution in [3.05, 3.63) is 57.4 Å². The van der Waals surface area contributed by atoms with Crippen LogP contribution in [0.25, 0.3) is 0 Å². The molecule has 0 saturated carbocycles. The molecule has 0 aliphatic rings. The molecule has 0 spiro atoms. The Labute approximate surface area is 168 Å². The summed E-state index contributed by atoms with van der Waals surface area (Å²) < 4.78 is 17.3. The molecule has 0 bridgehead atoms. The molecular weight excluding hydrogens is 380 g/mol. The molecule has 29 heavy (non-hydrogen) atoms. The molecule has 0 radical (unpaired) electrons. The van der Waals surface area contributed by atoms with E-state index in [1.54, 1.807) is 19.2 Å². The van der Waals surface area contributed by atoms with Crippen LogP contribution in [0.2, 0.25) is 0 Å². The smallest absolute Gasteiger partial charge is 0.344 e. The van der Waals surface area contributed by atoms with Crippen molar-refractivity contribution in [2.45, 2.75) is 26.8 Å². The Bertz CT molecular complexity index is 904. The maximum atomic E-state index is 12.5. The molecule has 0 unspecified atom stereocenters. The van der Waals surface area contributed by atoms with Crippen LogP contribution in [-0.2, 0) is 14.3 Å². The van der Waals surface area contributed by atoms with Gasteiger partial charge in [0, 0.05) is 30.1 Å². The van der Waals surface area contributed by atoms with Gasteiger partial charge in [-0.15, -0.1) is 0 Å². The van der Waals surface area contributed by atoms with Gasteiger partial charge in [0.15, 0.2) is 19.0 Å². The number of aryl methyl sites for hydroxylation is 1. The van der Waals surface area contributed by atoms with Crippen LogP contribution in [-0.4, -0.2) is 48.2 Å². The van der Waals surface area contributed by atoms with Gasteiger partial charge in [-0.05, 0) is 32.9 Å². The second kappa shape index (κ2) is 9.83. The van der Waals surface area contributed by atoms with Gasteiger partial charge < -0.3 is 18.8 Å². The van der Waals surface area contributed by atoms with Crippen LogP contribution in [0, 0.1) is 24.0 Å². The lowest BCUT2D eigenvalue weighted by molar-refractivity contribution is -0.385. The van der Waals surface area contributed by atoms with Crippen LogP contribution < -0.4 is 4.74 Å². The molecule has 2 rings (SSSR count). The predicted octanol–water partition coefficient (Wildman–Crippen LogP) is 3.03. The van der Waals surface area contributed by atoms with E-state index >= 15 is 0 Å². The van der Waals surface area contributed by atoms with Gasteiger partial charge in [-0.2, -0.15) is 0 Å². The summed E-state index contributed by atoms with van der Waals surface area (Å²) in [5.74, 6) is -1.18. The third kappa shape index (κ3) is 5.41. The van der Waals surface area contributed by atoms with E-state index in [0.29, 0.717) is 12.2 Å². The summed E-state index contributed by atoms with van der Waals surface area (Å²) in [5, 5.41) is 10.9. The van der Waals surface area contributed by atoms with Crippen LogP contribution >= 0.6 is 0 Å².